The van der Waals surface area contributed by atoms with Crippen molar-refractivity contribution in [3.63, 3.8) is 0 Å². The van der Waals surface area contributed by atoms with Crippen LogP contribution in [0.5, 0.6) is 0 Å². The summed E-state index contributed by atoms with van der Waals surface area (Å²) in [6, 6.07) is 2.14. The van der Waals surface area contributed by atoms with Gasteiger partial charge >= 0.3 is 6.18 Å². The maximum absolute atomic E-state index is 12.8. The van der Waals surface area contributed by atoms with Crippen molar-refractivity contribution in [1.29, 1.82) is 0 Å². The third-order valence-electron chi connectivity index (χ3n) is 2.74. The molecular formula is C13H20F3N3. The summed E-state index contributed by atoms with van der Waals surface area (Å²) in [7, 11) is 1.76. The van der Waals surface area contributed by atoms with Crippen molar-refractivity contribution in [1.82, 2.24) is 4.98 Å². The van der Waals surface area contributed by atoms with Crippen LogP contribution in [-0.4, -0.2) is 25.1 Å². The van der Waals surface area contributed by atoms with Crippen LogP contribution in [0.3, 0.4) is 0 Å². The first-order valence-electron chi connectivity index (χ1n) is 6.42. The summed E-state index contributed by atoms with van der Waals surface area (Å²) in [5.74, 6) is 0.606. The molecule has 0 spiro atoms. The van der Waals surface area contributed by atoms with E-state index in [-0.39, 0.29) is 5.82 Å². The molecule has 108 valence electrons. The molecule has 6 heteroatoms. The Balaban J connectivity index is 3.05. The highest BCUT2D eigenvalue weighted by Crippen LogP contribution is 2.32. The van der Waals surface area contributed by atoms with E-state index in [9.17, 15) is 13.2 Å². The van der Waals surface area contributed by atoms with Crippen LogP contribution in [0.1, 0.15) is 32.3 Å². The zero-order valence-corrected chi connectivity index (χ0v) is 11.5. The molecular weight excluding hydrogens is 255 g/mol. The largest absolute Gasteiger partial charge is 0.416 e. The molecule has 0 aliphatic heterocycles. The smallest absolute Gasteiger partial charge is 0.370 e. The van der Waals surface area contributed by atoms with Gasteiger partial charge in [-0.25, -0.2) is 4.98 Å². The highest BCUT2D eigenvalue weighted by molar-refractivity contribution is 5.50. The molecule has 1 aromatic rings. The van der Waals surface area contributed by atoms with E-state index < -0.39 is 11.7 Å². The molecule has 0 saturated carbocycles. The Hall–Kier alpha value is -1.46. The molecule has 0 bridgehead atoms. The maximum Gasteiger partial charge on any atom is 0.416 e. The van der Waals surface area contributed by atoms with Gasteiger partial charge in [0.1, 0.15) is 11.6 Å². The highest BCUT2D eigenvalue weighted by Gasteiger charge is 2.32. The Morgan fingerprint density at radius 2 is 1.95 bits per heavy atom. The third kappa shape index (κ3) is 4.61. The lowest BCUT2D eigenvalue weighted by atomic mass is 10.2. The fourth-order valence-corrected chi connectivity index (χ4v) is 1.66. The van der Waals surface area contributed by atoms with E-state index in [2.05, 4.69) is 10.3 Å². The molecule has 0 radical (unpaired) electrons. The van der Waals surface area contributed by atoms with Gasteiger partial charge in [-0.2, -0.15) is 13.2 Å². The summed E-state index contributed by atoms with van der Waals surface area (Å²) in [6.07, 6.45) is -2.44. The fraction of sp³-hybridized carbons (Fsp3) is 0.615. The first-order chi connectivity index (χ1) is 8.88. The van der Waals surface area contributed by atoms with Crippen molar-refractivity contribution in [2.24, 2.45) is 0 Å². The van der Waals surface area contributed by atoms with Crippen LogP contribution < -0.4 is 10.2 Å². The molecule has 3 nitrogen and oxygen atoms in total. The van der Waals surface area contributed by atoms with Crippen LogP contribution in [0.25, 0.3) is 0 Å². The predicted octanol–water partition coefficient (Wildman–Crippen LogP) is 3.77. The molecule has 1 N–H and O–H groups in total. The van der Waals surface area contributed by atoms with Gasteiger partial charge in [0.15, 0.2) is 0 Å². The Kier molecular flexibility index (Phi) is 5.44. The predicted molar refractivity (Wildman–Crippen MR) is 71.6 cm³/mol. The average molecular weight is 275 g/mol. The summed E-state index contributed by atoms with van der Waals surface area (Å²) in [5, 5.41) is 2.83. The van der Waals surface area contributed by atoms with Gasteiger partial charge in [-0.05, 0) is 25.5 Å². The van der Waals surface area contributed by atoms with Crippen molar-refractivity contribution in [2.45, 2.75) is 32.9 Å². The first-order valence-corrected chi connectivity index (χ1v) is 6.42. The van der Waals surface area contributed by atoms with Crippen LogP contribution in [0.15, 0.2) is 12.1 Å². The molecule has 0 saturated heterocycles. The minimum atomic E-state index is -4.35. The number of anilines is 2. The number of unbranched alkanes of at least 4 members (excludes halogenated alkanes) is 1. The number of nitrogens with one attached hydrogen (secondary N) is 1. The molecule has 0 fully saturated rings. The van der Waals surface area contributed by atoms with Gasteiger partial charge in [0.25, 0.3) is 0 Å². The number of aromatic nitrogens is 1. The number of nitrogens with zero attached hydrogens (tertiary/aromatic N) is 2. The quantitative estimate of drug-likeness (QED) is 0.856. The van der Waals surface area contributed by atoms with Crippen molar-refractivity contribution < 1.29 is 13.2 Å². The van der Waals surface area contributed by atoms with E-state index in [1.807, 2.05) is 13.8 Å². The number of pyridine rings is 1. The van der Waals surface area contributed by atoms with Gasteiger partial charge < -0.3 is 10.2 Å². The lowest BCUT2D eigenvalue weighted by Crippen LogP contribution is -2.21. The monoisotopic (exact) mass is 275 g/mol. The standard InChI is InChI=1S/C13H20F3N3/c1-4-6-7-19(3)12-9-10(13(14,15)16)8-11(18-12)17-5-2/h8-9H,4-7H2,1-3H3,(H,17,18). The molecule has 0 amide bonds. The molecule has 1 rings (SSSR count). The lowest BCUT2D eigenvalue weighted by molar-refractivity contribution is -0.137. The molecule has 1 heterocycles. The Labute approximate surface area is 111 Å². The van der Waals surface area contributed by atoms with E-state index in [0.29, 0.717) is 18.9 Å². The van der Waals surface area contributed by atoms with Crippen molar-refractivity contribution in [3.05, 3.63) is 17.7 Å². The molecule has 0 unspecified atom stereocenters. The molecule has 0 atom stereocenters. The van der Waals surface area contributed by atoms with Gasteiger partial charge in [0.05, 0.1) is 5.56 Å². The van der Waals surface area contributed by atoms with Crippen LogP contribution in [-0.2, 0) is 6.18 Å². The SMILES string of the molecule is CCCCN(C)c1cc(C(F)(F)F)cc(NCC)n1. The second-order valence-electron chi connectivity index (χ2n) is 4.40. The molecule has 0 aromatic carbocycles. The molecule has 1 aromatic heterocycles. The van der Waals surface area contributed by atoms with Crippen molar-refractivity contribution >= 4 is 11.6 Å². The molecule has 19 heavy (non-hydrogen) atoms. The molecule has 0 aliphatic carbocycles. The normalized spacial score (nSPS) is 11.5. The lowest BCUT2D eigenvalue weighted by Gasteiger charge is -2.20. The summed E-state index contributed by atoms with van der Waals surface area (Å²) in [6.45, 7) is 5.09. The Morgan fingerprint density at radius 1 is 1.26 bits per heavy atom. The number of hydrogen-bond acceptors (Lipinski definition) is 3. The number of rotatable bonds is 6. The van der Waals surface area contributed by atoms with Gasteiger partial charge in [0.2, 0.25) is 0 Å². The Bertz CT molecular complexity index is 405. The zero-order valence-electron chi connectivity index (χ0n) is 11.5. The van der Waals surface area contributed by atoms with Gasteiger partial charge in [0, 0.05) is 20.1 Å². The minimum absolute atomic E-state index is 0.260. The topological polar surface area (TPSA) is 28.2 Å². The summed E-state index contributed by atoms with van der Waals surface area (Å²) in [5.41, 5.74) is -0.670. The van der Waals surface area contributed by atoms with Crippen molar-refractivity contribution in [3.8, 4) is 0 Å². The third-order valence-corrected chi connectivity index (χ3v) is 2.74. The average Bonchev–Trinajstić information content (AvgIpc) is 2.35. The summed E-state index contributed by atoms with van der Waals surface area (Å²) >= 11 is 0. The second-order valence-corrected chi connectivity index (χ2v) is 4.40. The van der Waals surface area contributed by atoms with E-state index in [1.54, 1.807) is 11.9 Å². The number of alkyl halides is 3. The van der Waals surface area contributed by atoms with Gasteiger partial charge in [-0.15, -0.1) is 0 Å². The first kappa shape index (κ1) is 15.6. The van der Waals surface area contributed by atoms with Gasteiger partial charge in [-0.1, -0.05) is 13.3 Å². The maximum atomic E-state index is 12.8. The number of halogens is 3. The second kappa shape index (κ2) is 6.63. The number of hydrogen-bond donors (Lipinski definition) is 1. The molecule has 0 aliphatic rings. The van der Waals surface area contributed by atoms with Crippen LogP contribution in [0.2, 0.25) is 0 Å². The van der Waals surface area contributed by atoms with E-state index in [0.717, 1.165) is 25.0 Å². The minimum Gasteiger partial charge on any atom is -0.370 e. The Morgan fingerprint density at radius 3 is 2.47 bits per heavy atom. The van der Waals surface area contributed by atoms with Crippen molar-refractivity contribution in [2.75, 3.05) is 30.4 Å². The summed E-state index contributed by atoms with van der Waals surface area (Å²) in [4.78, 5) is 5.95. The highest BCUT2D eigenvalue weighted by atomic mass is 19.4. The fourth-order valence-electron chi connectivity index (χ4n) is 1.66. The van der Waals surface area contributed by atoms with Crippen LogP contribution in [0.4, 0.5) is 24.8 Å². The summed E-state index contributed by atoms with van der Waals surface area (Å²) < 4.78 is 38.5. The van der Waals surface area contributed by atoms with Crippen LogP contribution in [0, 0.1) is 0 Å². The van der Waals surface area contributed by atoms with E-state index in [4.69, 9.17) is 0 Å². The van der Waals surface area contributed by atoms with Gasteiger partial charge in [-0.3, -0.25) is 0 Å². The van der Waals surface area contributed by atoms with E-state index >= 15 is 0 Å². The van der Waals surface area contributed by atoms with Crippen LogP contribution >= 0.6 is 0 Å². The zero-order chi connectivity index (χ0) is 14.5. The van der Waals surface area contributed by atoms with E-state index in [1.165, 1.54) is 0 Å².